The molecular formula is C14H11BrFNO2S. The van der Waals surface area contributed by atoms with Crippen LogP contribution in [0.15, 0.2) is 44.3 Å². The van der Waals surface area contributed by atoms with Crippen LogP contribution in [0, 0.1) is 5.82 Å². The van der Waals surface area contributed by atoms with Gasteiger partial charge in [0, 0.05) is 10.6 Å². The van der Waals surface area contributed by atoms with Gasteiger partial charge in [0.1, 0.15) is 5.82 Å². The van der Waals surface area contributed by atoms with Crippen molar-refractivity contribution in [3.8, 4) is 0 Å². The number of hydrogen-bond acceptors (Lipinski definition) is 3. The molecule has 1 atom stereocenters. The van der Waals surface area contributed by atoms with Crippen LogP contribution in [0.1, 0.15) is 28.6 Å². The quantitative estimate of drug-likeness (QED) is 0.879. The van der Waals surface area contributed by atoms with Gasteiger partial charge < -0.3 is 9.73 Å². The van der Waals surface area contributed by atoms with Crippen molar-refractivity contribution >= 4 is 33.6 Å². The van der Waals surface area contributed by atoms with E-state index in [-0.39, 0.29) is 23.5 Å². The molecule has 1 amide bonds. The molecule has 1 aromatic carbocycles. The third-order valence-electron chi connectivity index (χ3n) is 3.11. The zero-order chi connectivity index (χ0) is 14.1. The number of amides is 1. The van der Waals surface area contributed by atoms with Crippen molar-refractivity contribution in [2.24, 2.45) is 0 Å². The van der Waals surface area contributed by atoms with Crippen molar-refractivity contribution < 1.29 is 13.6 Å². The predicted octanol–water partition coefficient (Wildman–Crippen LogP) is 4.15. The zero-order valence-electron chi connectivity index (χ0n) is 10.4. The van der Waals surface area contributed by atoms with Crippen LogP contribution in [0.25, 0.3) is 0 Å². The first-order chi connectivity index (χ1) is 9.63. The van der Waals surface area contributed by atoms with Gasteiger partial charge in [0.05, 0.1) is 6.04 Å². The van der Waals surface area contributed by atoms with E-state index in [4.69, 9.17) is 4.42 Å². The summed E-state index contributed by atoms with van der Waals surface area (Å²) in [6.07, 6.45) is 0.773. The van der Waals surface area contributed by atoms with E-state index in [1.807, 2.05) is 0 Å². The van der Waals surface area contributed by atoms with Crippen molar-refractivity contribution in [2.75, 3.05) is 5.75 Å². The highest BCUT2D eigenvalue weighted by Crippen LogP contribution is 2.36. The van der Waals surface area contributed by atoms with Crippen LogP contribution < -0.4 is 5.32 Å². The van der Waals surface area contributed by atoms with Gasteiger partial charge in [0.15, 0.2) is 10.4 Å². The predicted molar refractivity (Wildman–Crippen MR) is 78.4 cm³/mol. The number of benzene rings is 1. The Kier molecular flexibility index (Phi) is 3.85. The van der Waals surface area contributed by atoms with E-state index in [1.165, 1.54) is 12.1 Å². The number of carbonyl (C=O) groups is 1. The third kappa shape index (κ3) is 2.76. The maximum absolute atomic E-state index is 13.4. The highest BCUT2D eigenvalue weighted by Gasteiger charge is 2.24. The van der Waals surface area contributed by atoms with Crippen LogP contribution in [-0.2, 0) is 0 Å². The van der Waals surface area contributed by atoms with E-state index in [1.54, 1.807) is 30.0 Å². The minimum Gasteiger partial charge on any atom is -0.444 e. The summed E-state index contributed by atoms with van der Waals surface area (Å²) in [6.45, 7) is 0. The summed E-state index contributed by atoms with van der Waals surface area (Å²) in [5.41, 5.74) is 0.834. The molecule has 20 heavy (non-hydrogen) atoms. The molecule has 1 unspecified atom stereocenters. The topological polar surface area (TPSA) is 42.2 Å². The van der Waals surface area contributed by atoms with Gasteiger partial charge >= 0.3 is 0 Å². The summed E-state index contributed by atoms with van der Waals surface area (Å²) in [4.78, 5) is 13.1. The van der Waals surface area contributed by atoms with Crippen LogP contribution in [0.4, 0.5) is 4.39 Å². The van der Waals surface area contributed by atoms with Gasteiger partial charge in [-0.2, -0.15) is 0 Å². The summed E-state index contributed by atoms with van der Waals surface area (Å²) in [5, 5.41) is 2.90. The Bertz CT molecular complexity index is 658. The monoisotopic (exact) mass is 355 g/mol. The molecule has 1 aliphatic heterocycles. The molecular weight excluding hydrogens is 345 g/mol. The Balaban J connectivity index is 1.82. The lowest BCUT2D eigenvalue weighted by atomic mass is 10.0. The van der Waals surface area contributed by atoms with Crippen molar-refractivity contribution in [3.05, 3.63) is 52.1 Å². The minimum absolute atomic E-state index is 0.182. The Morgan fingerprint density at radius 1 is 1.40 bits per heavy atom. The number of rotatable bonds is 2. The number of thioether (sulfide) groups is 1. The molecule has 0 spiro atoms. The van der Waals surface area contributed by atoms with Gasteiger partial charge in [-0.1, -0.05) is 0 Å². The fraction of sp³-hybridized carbons (Fsp3) is 0.214. The number of halogens is 2. The Morgan fingerprint density at radius 3 is 3.00 bits per heavy atom. The average molecular weight is 356 g/mol. The van der Waals surface area contributed by atoms with Crippen LogP contribution in [-0.4, -0.2) is 11.7 Å². The van der Waals surface area contributed by atoms with Crippen molar-refractivity contribution in [1.29, 1.82) is 0 Å². The first kappa shape index (κ1) is 13.7. The Labute approximate surface area is 128 Å². The second-order valence-corrected chi connectivity index (χ2v) is 6.37. The molecule has 3 nitrogen and oxygen atoms in total. The van der Waals surface area contributed by atoms with E-state index < -0.39 is 0 Å². The minimum atomic E-state index is -0.289. The Hall–Kier alpha value is -1.27. The summed E-state index contributed by atoms with van der Waals surface area (Å²) in [7, 11) is 0. The fourth-order valence-corrected chi connectivity index (χ4v) is 3.59. The summed E-state index contributed by atoms with van der Waals surface area (Å²) >= 11 is 4.84. The highest BCUT2D eigenvalue weighted by atomic mass is 79.9. The molecule has 2 heterocycles. The summed E-state index contributed by atoms with van der Waals surface area (Å²) < 4.78 is 19.1. The molecule has 1 aliphatic rings. The van der Waals surface area contributed by atoms with Crippen LogP contribution >= 0.6 is 27.7 Å². The molecule has 1 N–H and O–H groups in total. The van der Waals surface area contributed by atoms with Gasteiger partial charge in [0.25, 0.3) is 5.91 Å². The molecule has 0 aliphatic carbocycles. The van der Waals surface area contributed by atoms with Gasteiger partial charge in [0.2, 0.25) is 0 Å². The first-order valence-electron chi connectivity index (χ1n) is 6.12. The van der Waals surface area contributed by atoms with Crippen LogP contribution in [0.5, 0.6) is 0 Å². The lowest BCUT2D eigenvalue weighted by Crippen LogP contribution is -2.30. The lowest BCUT2D eigenvalue weighted by molar-refractivity contribution is 0.0905. The largest absolute Gasteiger partial charge is 0.444 e. The maximum atomic E-state index is 13.4. The fourth-order valence-electron chi connectivity index (χ4n) is 2.18. The summed E-state index contributed by atoms with van der Waals surface area (Å²) in [6, 6.07) is 7.78. The molecule has 3 rings (SSSR count). The first-order valence-corrected chi connectivity index (χ1v) is 7.90. The second-order valence-electron chi connectivity index (χ2n) is 4.45. The van der Waals surface area contributed by atoms with E-state index in [0.29, 0.717) is 4.67 Å². The van der Waals surface area contributed by atoms with Crippen LogP contribution in [0.2, 0.25) is 0 Å². The van der Waals surface area contributed by atoms with Crippen LogP contribution in [0.3, 0.4) is 0 Å². The van der Waals surface area contributed by atoms with E-state index in [9.17, 15) is 9.18 Å². The highest BCUT2D eigenvalue weighted by molar-refractivity contribution is 9.10. The normalized spacial score (nSPS) is 17.6. The van der Waals surface area contributed by atoms with Gasteiger partial charge in [-0.05, 0) is 58.2 Å². The molecule has 0 saturated heterocycles. The molecule has 1 aromatic heterocycles. The van der Waals surface area contributed by atoms with Gasteiger partial charge in [-0.25, -0.2) is 4.39 Å². The third-order valence-corrected chi connectivity index (χ3v) is 4.66. The van der Waals surface area contributed by atoms with Crippen molar-refractivity contribution in [1.82, 2.24) is 5.32 Å². The van der Waals surface area contributed by atoms with Crippen molar-refractivity contribution in [3.63, 3.8) is 0 Å². The number of carbonyl (C=O) groups excluding carboxylic acids is 1. The second kappa shape index (κ2) is 5.61. The van der Waals surface area contributed by atoms with Gasteiger partial charge in [-0.15, -0.1) is 11.8 Å². The van der Waals surface area contributed by atoms with Gasteiger partial charge in [-0.3, -0.25) is 4.79 Å². The van der Waals surface area contributed by atoms with E-state index >= 15 is 0 Å². The molecule has 0 bridgehead atoms. The smallest absolute Gasteiger partial charge is 0.287 e. The van der Waals surface area contributed by atoms with E-state index in [2.05, 4.69) is 21.2 Å². The molecule has 0 radical (unpaired) electrons. The number of hydrogen-bond donors (Lipinski definition) is 1. The molecule has 2 aromatic rings. The summed E-state index contributed by atoms with van der Waals surface area (Å²) in [5.74, 6) is 0.563. The molecule has 6 heteroatoms. The lowest BCUT2D eigenvalue weighted by Gasteiger charge is -2.25. The number of fused-ring (bicyclic) bond motifs is 1. The average Bonchev–Trinajstić information content (AvgIpc) is 2.86. The molecule has 104 valence electrons. The van der Waals surface area contributed by atoms with E-state index in [0.717, 1.165) is 22.6 Å². The number of furan rings is 1. The molecule has 0 fully saturated rings. The van der Waals surface area contributed by atoms with Crippen molar-refractivity contribution in [2.45, 2.75) is 17.4 Å². The SMILES string of the molecule is O=C(NC1CCSc2ccc(F)cc21)c1ccc(Br)o1. The zero-order valence-corrected chi connectivity index (χ0v) is 12.8. The standard InChI is InChI=1S/C14H11BrFNO2S/c15-13-4-2-11(19-13)14(18)17-10-5-6-20-12-3-1-8(16)7-9(10)12/h1-4,7,10H,5-6H2,(H,17,18). The molecule has 0 saturated carbocycles. The Morgan fingerprint density at radius 2 is 2.25 bits per heavy atom. The maximum Gasteiger partial charge on any atom is 0.287 e. The number of nitrogens with one attached hydrogen (secondary N) is 1.